The Balaban J connectivity index is 2.11. The van der Waals surface area contributed by atoms with Crippen LogP contribution < -0.4 is 11.3 Å². The molecule has 0 radical (unpaired) electrons. The van der Waals surface area contributed by atoms with Crippen molar-refractivity contribution in [2.24, 2.45) is 5.84 Å². The largest absolute Gasteiger partial charge is 0.467 e. The van der Waals surface area contributed by atoms with Gasteiger partial charge < -0.3 is 4.42 Å². The predicted octanol–water partition coefficient (Wildman–Crippen LogP) is 0.128. The Morgan fingerprint density at radius 2 is 2.53 bits per heavy atom. The van der Waals surface area contributed by atoms with E-state index >= 15 is 0 Å². The molecule has 0 aliphatic heterocycles. The third kappa shape index (κ3) is 2.05. The number of hydrazine groups is 1. The number of nitrogen functional groups attached to an aromatic ring is 1. The molecule has 0 unspecified atom stereocenters. The number of aromatic nitrogens is 2. The van der Waals surface area contributed by atoms with Crippen molar-refractivity contribution in [2.75, 3.05) is 0 Å². The van der Waals surface area contributed by atoms with Crippen LogP contribution in [0.25, 0.3) is 0 Å². The van der Waals surface area contributed by atoms with E-state index in [0.717, 1.165) is 0 Å². The van der Waals surface area contributed by atoms with E-state index in [1.807, 2.05) is 17.7 Å². The minimum Gasteiger partial charge on any atom is -0.467 e. The molecular formula is C9H10N4O2. The Morgan fingerprint density at radius 1 is 1.67 bits per heavy atom. The molecule has 0 fully saturated rings. The second kappa shape index (κ2) is 3.97. The predicted molar refractivity (Wildman–Crippen MR) is 51.7 cm³/mol. The molecule has 0 bridgehead atoms. The van der Waals surface area contributed by atoms with Crippen molar-refractivity contribution in [2.45, 2.75) is 6.54 Å². The highest BCUT2D eigenvalue weighted by atomic mass is 16.3. The highest BCUT2D eigenvalue weighted by Gasteiger charge is 2.08. The lowest BCUT2D eigenvalue weighted by atomic mass is 10.3. The molecule has 2 aromatic rings. The normalized spacial score (nSPS) is 10.2. The number of rotatable bonds is 3. The van der Waals surface area contributed by atoms with Crippen molar-refractivity contribution in [3.05, 3.63) is 42.1 Å². The zero-order valence-corrected chi connectivity index (χ0v) is 7.88. The molecular weight excluding hydrogens is 196 g/mol. The molecule has 2 heterocycles. The van der Waals surface area contributed by atoms with Gasteiger partial charge in [0, 0.05) is 12.4 Å². The maximum absolute atomic E-state index is 11.1. The van der Waals surface area contributed by atoms with Gasteiger partial charge in [-0.05, 0) is 12.1 Å². The Kier molecular flexibility index (Phi) is 2.51. The molecule has 2 aromatic heterocycles. The quantitative estimate of drug-likeness (QED) is 0.424. The Hall–Kier alpha value is -2.08. The van der Waals surface area contributed by atoms with Gasteiger partial charge in [0.25, 0.3) is 5.91 Å². The third-order valence-corrected chi connectivity index (χ3v) is 1.92. The van der Waals surface area contributed by atoms with Crippen LogP contribution >= 0.6 is 0 Å². The SMILES string of the molecule is NNC(=O)c1coc(Cn2cccn2)c1. The van der Waals surface area contributed by atoms with Gasteiger partial charge in [-0.1, -0.05) is 0 Å². The Morgan fingerprint density at radius 3 is 3.20 bits per heavy atom. The van der Waals surface area contributed by atoms with Gasteiger partial charge >= 0.3 is 0 Å². The number of hydrogen-bond acceptors (Lipinski definition) is 4. The smallest absolute Gasteiger partial charge is 0.268 e. The van der Waals surface area contributed by atoms with E-state index in [9.17, 15) is 4.79 Å². The molecule has 0 saturated carbocycles. The summed E-state index contributed by atoms with van der Waals surface area (Å²) in [7, 11) is 0. The first-order valence-corrected chi connectivity index (χ1v) is 4.35. The second-order valence-corrected chi connectivity index (χ2v) is 2.98. The van der Waals surface area contributed by atoms with Gasteiger partial charge in [-0.3, -0.25) is 14.9 Å². The fraction of sp³-hybridized carbons (Fsp3) is 0.111. The third-order valence-electron chi connectivity index (χ3n) is 1.92. The molecule has 0 saturated heterocycles. The number of hydrogen-bond donors (Lipinski definition) is 2. The summed E-state index contributed by atoms with van der Waals surface area (Å²) in [4.78, 5) is 11.1. The monoisotopic (exact) mass is 206 g/mol. The number of furan rings is 1. The molecule has 1 amide bonds. The minimum atomic E-state index is -0.370. The fourth-order valence-corrected chi connectivity index (χ4v) is 1.22. The van der Waals surface area contributed by atoms with Crippen molar-refractivity contribution in [1.29, 1.82) is 0 Å². The van der Waals surface area contributed by atoms with Gasteiger partial charge in [-0.25, -0.2) is 5.84 Å². The van der Waals surface area contributed by atoms with Crippen LogP contribution in [0.15, 0.2) is 35.2 Å². The maximum atomic E-state index is 11.1. The van der Waals surface area contributed by atoms with Gasteiger partial charge in [0.05, 0.1) is 12.1 Å². The first-order valence-electron chi connectivity index (χ1n) is 4.35. The highest BCUT2D eigenvalue weighted by molar-refractivity contribution is 5.93. The first kappa shape index (κ1) is 9.47. The minimum absolute atomic E-state index is 0.370. The van der Waals surface area contributed by atoms with Crippen LogP contribution in [0.4, 0.5) is 0 Å². The average molecular weight is 206 g/mol. The van der Waals surface area contributed by atoms with Gasteiger partial charge in [0.2, 0.25) is 0 Å². The Bertz CT molecular complexity index is 446. The van der Waals surface area contributed by atoms with E-state index in [1.165, 1.54) is 6.26 Å². The standard InChI is InChI=1S/C9H10N4O2/c10-12-9(14)7-4-8(15-6-7)5-13-3-1-2-11-13/h1-4,6H,5,10H2,(H,12,14). The summed E-state index contributed by atoms with van der Waals surface area (Å²) < 4.78 is 6.88. The van der Waals surface area contributed by atoms with E-state index in [-0.39, 0.29) is 5.91 Å². The fourth-order valence-electron chi connectivity index (χ4n) is 1.22. The van der Waals surface area contributed by atoms with Crippen molar-refractivity contribution in [3.63, 3.8) is 0 Å². The lowest BCUT2D eigenvalue weighted by molar-refractivity contribution is 0.0953. The van der Waals surface area contributed by atoms with Crippen LogP contribution in [0.2, 0.25) is 0 Å². The van der Waals surface area contributed by atoms with Crippen LogP contribution in [-0.2, 0) is 6.54 Å². The van der Waals surface area contributed by atoms with E-state index in [0.29, 0.717) is 17.9 Å². The summed E-state index contributed by atoms with van der Waals surface area (Å²) in [5.74, 6) is 5.27. The summed E-state index contributed by atoms with van der Waals surface area (Å²) >= 11 is 0. The van der Waals surface area contributed by atoms with Crippen molar-refractivity contribution in [1.82, 2.24) is 15.2 Å². The van der Waals surface area contributed by atoms with Gasteiger partial charge in [-0.15, -0.1) is 0 Å². The molecule has 6 nitrogen and oxygen atoms in total. The number of nitrogens with one attached hydrogen (secondary N) is 1. The van der Waals surface area contributed by atoms with Gasteiger partial charge in [0.15, 0.2) is 0 Å². The first-order chi connectivity index (χ1) is 7.29. The van der Waals surface area contributed by atoms with Crippen LogP contribution in [0.5, 0.6) is 0 Å². The zero-order chi connectivity index (χ0) is 10.7. The summed E-state index contributed by atoms with van der Waals surface area (Å²) in [6.45, 7) is 0.491. The molecule has 15 heavy (non-hydrogen) atoms. The number of carbonyl (C=O) groups excluding carboxylic acids is 1. The molecule has 0 aliphatic carbocycles. The number of carbonyl (C=O) groups is 1. The van der Waals surface area contributed by atoms with E-state index in [4.69, 9.17) is 10.3 Å². The number of amides is 1. The topological polar surface area (TPSA) is 86.1 Å². The molecule has 0 aliphatic rings. The average Bonchev–Trinajstić information content (AvgIpc) is 2.88. The van der Waals surface area contributed by atoms with Gasteiger partial charge in [-0.2, -0.15) is 5.10 Å². The molecule has 0 spiro atoms. The van der Waals surface area contributed by atoms with Crippen molar-refractivity contribution < 1.29 is 9.21 Å². The van der Waals surface area contributed by atoms with Crippen LogP contribution in [-0.4, -0.2) is 15.7 Å². The maximum Gasteiger partial charge on any atom is 0.268 e. The van der Waals surface area contributed by atoms with Gasteiger partial charge in [0.1, 0.15) is 12.0 Å². The van der Waals surface area contributed by atoms with E-state index in [2.05, 4.69) is 5.10 Å². The van der Waals surface area contributed by atoms with Crippen LogP contribution in [0, 0.1) is 0 Å². The zero-order valence-electron chi connectivity index (χ0n) is 7.88. The molecule has 2 rings (SSSR count). The number of nitrogens with zero attached hydrogens (tertiary/aromatic N) is 2. The molecule has 78 valence electrons. The van der Waals surface area contributed by atoms with Crippen LogP contribution in [0.3, 0.4) is 0 Å². The summed E-state index contributed by atoms with van der Waals surface area (Å²) in [5, 5.41) is 4.02. The molecule has 3 N–H and O–H groups in total. The Labute approximate surface area is 85.6 Å². The summed E-state index contributed by atoms with van der Waals surface area (Å²) in [5.41, 5.74) is 2.43. The lowest BCUT2D eigenvalue weighted by Crippen LogP contribution is -2.29. The molecule has 0 atom stereocenters. The number of nitrogens with two attached hydrogens (primary N) is 1. The van der Waals surface area contributed by atoms with E-state index in [1.54, 1.807) is 16.9 Å². The highest BCUT2D eigenvalue weighted by Crippen LogP contribution is 2.08. The van der Waals surface area contributed by atoms with Crippen molar-refractivity contribution in [3.8, 4) is 0 Å². The van der Waals surface area contributed by atoms with E-state index < -0.39 is 0 Å². The summed E-state index contributed by atoms with van der Waals surface area (Å²) in [6.07, 6.45) is 4.85. The van der Waals surface area contributed by atoms with Crippen LogP contribution in [0.1, 0.15) is 16.1 Å². The van der Waals surface area contributed by atoms with Crippen molar-refractivity contribution >= 4 is 5.91 Å². The molecule has 0 aromatic carbocycles. The molecule has 6 heteroatoms. The lowest BCUT2D eigenvalue weighted by Gasteiger charge is -1.95. The second-order valence-electron chi connectivity index (χ2n) is 2.98. The summed E-state index contributed by atoms with van der Waals surface area (Å²) in [6, 6.07) is 3.44.